The Hall–Kier alpha value is -2.41. The molecule has 0 saturated carbocycles. The van der Waals surface area contributed by atoms with Gasteiger partial charge in [0, 0.05) is 9.79 Å². The van der Waals surface area contributed by atoms with Crippen LogP contribution in [0.5, 0.6) is 0 Å². The molecule has 0 saturated heterocycles. The predicted octanol–water partition coefficient (Wildman–Crippen LogP) is 2.18. The molecule has 0 bridgehead atoms. The summed E-state index contributed by atoms with van der Waals surface area (Å²) in [5.41, 5.74) is 5.10. The van der Waals surface area contributed by atoms with E-state index in [1.165, 1.54) is 0 Å². The van der Waals surface area contributed by atoms with Crippen LogP contribution in [0, 0.1) is 0 Å². The Morgan fingerprint density at radius 2 is 1.00 bits per heavy atom. The van der Waals surface area contributed by atoms with Gasteiger partial charge in [-0.05, 0) is 45.1 Å². The molecule has 4 aromatic carbocycles. The minimum Gasteiger partial charge on any atom is -0.443 e. The summed E-state index contributed by atoms with van der Waals surface area (Å²) in [5.74, 6) is 0. The number of hydrogen-bond acceptors (Lipinski definition) is 5. The number of ether oxygens (including phenoxy) is 1. The number of hydrogen-bond donors (Lipinski definition) is 4. The van der Waals surface area contributed by atoms with Gasteiger partial charge in [0.25, 0.3) is 0 Å². The van der Waals surface area contributed by atoms with E-state index < -0.39 is 13.8 Å². The molecule has 0 heterocycles. The van der Waals surface area contributed by atoms with Gasteiger partial charge in [0.15, 0.2) is 0 Å². The van der Waals surface area contributed by atoms with E-state index in [-0.39, 0.29) is 0 Å². The molecule has 164 valence electrons. The van der Waals surface area contributed by atoms with E-state index in [4.69, 9.17) is 4.74 Å². The molecule has 0 fully saturated rings. The van der Waals surface area contributed by atoms with E-state index in [0.29, 0.717) is 13.2 Å². The van der Waals surface area contributed by atoms with Crippen molar-refractivity contribution in [2.24, 2.45) is 0 Å². The molecule has 4 rings (SSSR count). The minimum absolute atomic E-state index is 0.412. The Morgan fingerprint density at radius 1 is 0.576 bits per heavy atom. The van der Waals surface area contributed by atoms with E-state index in [2.05, 4.69) is 25.3 Å². The molecule has 0 radical (unpaired) electrons. The molecule has 2 N–H and O–H groups in total. The summed E-state index contributed by atoms with van der Waals surface area (Å²) < 4.78 is 5.94. The van der Waals surface area contributed by atoms with Crippen molar-refractivity contribution in [3.63, 3.8) is 0 Å². The third-order valence-electron chi connectivity index (χ3n) is 5.53. The van der Waals surface area contributed by atoms with Gasteiger partial charge in [-0.25, -0.2) is 0 Å². The summed E-state index contributed by atoms with van der Waals surface area (Å²) >= 11 is 8.91. The highest BCUT2D eigenvalue weighted by atomic mass is 32.1. The van der Waals surface area contributed by atoms with Crippen LogP contribution in [-0.2, 0) is 18.0 Å². The molecule has 4 aromatic rings. The van der Waals surface area contributed by atoms with Crippen molar-refractivity contribution < 1.29 is 14.8 Å². The molecule has 0 unspecified atom stereocenters. The summed E-state index contributed by atoms with van der Waals surface area (Å²) in [6.45, 7) is -0.664. The van der Waals surface area contributed by atoms with Gasteiger partial charge >= 0.3 is 13.8 Å². The van der Waals surface area contributed by atoms with Crippen LogP contribution in [0.15, 0.2) is 107 Å². The van der Waals surface area contributed by atoms with Crippen molar-refractivity contribution in [2.45, 2.75) is 23.0 Å². The fraction of sp³-hybridized carbons (Fsp3) is 0.0769. The summed E-state index contributed by atoms with van der Waals surface area (Å²) in [5, 5.41) is 21.6. The predicted molar refractivity (Wildman–Crippen MR) is 143 cm³/mol. The summed E-state index contributed by atoms with van der Waals surface area (Å²) in [7, 11) is 0. The van der Waals surface area contributed by atoms with Gasteiger partial charge < -0.3 is 14.8 Å². The zero-order valence-electron chi connectivity index (χ0n) is 18.0. The van der Waals surface area contributed by atoms with Crippen LogP contribution in [0.3, 0.4) is 0 Å². The molecule has 0 amide bonds. The van der Waals surface area contributed by atoms with Crippen LogP contribution in [-0.4, -0.2) is 23.9 Å². The highest BCUT2D eigenvalue weighted by Gasteiger charge is 2.20. The first-order valence-corrected chi connectivity index (χ1v) is 11.6. The van der Waals surface area contributed by atoms with Gasteiger partial charge in [0.1, 0.15) is 0 Å². The first-order valence-electron chi connectivity index (χ1n) is 10.7. The fourth-order valence-electron chi connectivity index (χ4n) is 3.79. The van der Waals surface area contributed by atoms with Crippen molar-refractivity contribution in [1.82, 2.24) is 0 Å². The lowest BCUT2D eigenvalue weighted by Gasteiger charge is -2.13. The van der Waals surface area contributed by atoms with Crippen molar-refractivity contribution in [3.05, 3.63) is 108 Å². The molecule has 0 aliphatic carbocycles. The van der Waals surface area contributed by atoms with Gasteiger partial charge in [-0.15, -0.1) is 25.3 Å². The second-order valence-electron chi connectivity index (χ2n) is 7.91. The van der Waals surface area contributed by atoms with E-state index >= 15 is 0 Å². The van der Waals surface area contributed by atoms with Crippen LogP contribution in [0.25, 0.3) is 0 Å². The van der Waals surface area contributed by atoms with Crippen molar-refractivity contribution >= 4 is 60.9 Å². The van der Waals surface area contributed by atoms with E-state index in [9.17, 15) is 10.0 Å². The maximum Gasteiger partial charge on any atom is 0.360 e. The standard InChI is InChI=1S/C26H24B2O3S2/c29-27(23-11-1-3-13-25(23)32)21-9-5-7-19(15-21)17-31-18-20-8-6-10-22(16-20)28(30)24-12-2-4-14-26(24)33/h1-16,29-30,32-33H,17-18H2. The molecule has 7 heteroatoms. The van der Waals surface area contributed by atoms with Crippen LogP contribution in [0.1, 0.15) is 11.1 Å². The van der Waals surface area contributed by atoms with Crippen LogP contribution in [0.2, 0.25) is 0 Å². The third kappa shape index (κ3) is 5.94. The SMILES string of the molecule is OB(c1cccc(COCc2cccc(B(O)c3ccccc3S)c2)c1)c1ccccc1S. The second kappa shape index (κ2) is 11.1. The zero-order valence-corrected chi connectivity index (χ0v) is 19.8. The van der Waals surface area contributed by atoms with E-state index in [1.54, 1.807) is 0 Å². The molecule has 0 atom stereocenters. The quantitative estimate of drug-likeness (QED) is 0.236. The molecule has 0 spiro atoms. The monoisotopic (exact) mass is 470 g/mol. The number of rotatable bonds is 8. The summed E-state index contributed by atoms with van der Waals surface area (Å²) in [6.07, 6.45) is 0. The lowest BCUT2D eigenvalue weighted by Crippen LogP contribution is -2.43. The molecule has 3 nitrogen and oxygen atoms in total. The van der Waals surface area contributed by atoms with Crippen molar-refractivity contribution in [1.29, 1.82) is 0 Å². The Balaban J connectivity index is 1.40. The summed E-state index contributed by atoms with van der Waals surface area (Å²) in [4.78, 5) is 1.52. The van der Waals surface area contributed by atoms with Gasteiger partial charge in [-0.3, -0.25) is 0 Å². The largest absolute Gasteiger partial charge is 0.443 e. The molecule has 0 aromatic heterocycles. The molecule has 33 heavy (non-hydrogen) atoms. The van der Waals surface area contributed by atoms with Gasteiger partial charge in [0.2, 0.25) is 0 Å². The maximum atomic E-state index is 10.8. The van der Waals surface area contributed by atoms with Crippen molar-refractivity contribution in [3.8, 4) is 0 Å². The number of benzene rings is 4. The van der Waals surface area contributed by atoms with Crippen LogP contribution < -0.4 is 21.9 Å². The van der Waals surface area contributed by atoms with E-state index in [0.717, 1.165) is 42.8 Å². The summed E-state index contributed by atoms with van der Waals surface area (Å²) in [6, 6.07) is 30.6. The molecular formula is C26H24B2O3S2. The third-order valence-corrected chi connectivity index (χ3v) is 6.35. The number of thiol groups is 2. The highest BCUT2D eigenvalue weighted by Crippen LogP contribution is 2.08. The highest BCUT2D eigenvalue weighted by molar-refractivity contribution is 7.80. The van der Waals surface area contributed by atoms with Gasteiger partial charge in [-0.1, -0.05) is 84.9 Å². The normalized spacial score (nSPS) is 10.8. The molecular weight excluding hydrogens is 446 g/mol. The lowest BCUT2D eigenvalue weighted by atomic mass is 9.55. The second-order valence-corrected chi connectivity index (χ2v) is 8.87. The Kier molecular flexibility index (Phi) is 8.02. The topological polar surface area (TPSA) is 49.7 Å². The van der Waals surface area contributed by atoms with Gasteiger partial charge in [-0.2, -0.15) is 0 Å². The van der Waals surface area contributed by atoms with Crippen LogP contribution >= 0.6 is 25.3 Å². The zero-order chi connectivity index (χ0) is 23.2. The minimum atomic E-state index is -0.744. The molecule has 0 aliphatic rings. The first kappa shape index (κ1) is 23.7. The van der Waals surface area contributed by atoms with Crippen LogP contribution in [0.4, 0.5) is 0 Å². The average Bonchev–Trinajstić information content (AvgIpc) is 2.84. The van der Waals surface area contributed by atoms with Crippen molar-refractivity contribution in [2.75, 3.05) is 0 Å². The Labute approximate surface area is 206 Å². The smallest absolute Gasteiger partial charge is 0.360 e. The Morgan fingerprint density at radius 3 is 1.42 bits per heavy atom. The lowest BCUT2D eigenvalue weighted by molar-refractivity contribution is 0.107. The first-order chi connectivity index (χ1) is 16.0. The maximum absolute atomic E-state index is 10.8. The molecule has 0 aliphatic heterocycles. The fourth-order valence-corrected chi connectivity index (χ4v) is 4.36. The average molecular weight is 470 g/mol. The van der Waals surface area contributed by atoms with E-state index in [1.807, 2.05) is 97.1 Å². The Bertz CT molecular complexity index is 1140. The van der Waals surface area contributed by atoms with Gasteiger partial charge in [0.05, 0.1) is 13.2 Å².